The first-order valence-electron chi connectivity index (χ1n) is 11.6. The lowest BCUT2D eigenvalue weighted by molar-refractivity contribution is 0.652. The number of hydrogen-bond acceptors (Lipinski definition) is 4. The highest BCUT2D eigenvalue weighted by Gasteiger charge is 2.15. The summed E-state index contributed by atoms with van der Waals surface area (Å²) in [5.74, 6) is 0. The molecule has 0 bridgehead atoms. The Morgan fingerprint density at radius 1 is 0.500 bits per heavy atom. The molecule has 0 N–H and O–H groups in total. The molecular weight excluding hydrogens is 452 g/mol. The number of pyridine rings is 2. The summed E-state index contributed by atoms with van der Waals surface area (Å²) >= 11 is 0. The van der Waals surface area contributed by atoms with Crippen molar-refractivity contribution in [3.63, 3.8) is 0 Å². The van der Waals surface area contributed by atoms with Crippen molar-refractivity contribution in [2.24, 2.45) is 0 Å². The Kier molecular flexibility index (Phi) is 3.60. The number of oxazole rings is 2. The van der Waals surface area contributed by atoms with Gasteiger partial charge in [0.05, 0.1) is 11.0 Å². The van der Waals surface area contributed by atoms with E-state index in [1.807, 2.05) is 97.1 Å². The van der Waals surface area contributed by atoms with E-state index in [9.17, 15) is 9.59 Å². The molecule has 0 atom stereocenters. The maximum Gasteiger partial charge on any atom is 0.265 e. The molecule has 6 heteroatoms. The molecule has 4 aromatic heterocycles. The van der Waals surface area contributed by atoms with Gasteiger partial charge in [-0.3, -0.25) is 9.59 Å². The molecule has 36 heavy (non-hydrogen) atoms. The molecule has 4 heterocycles. The number of benzene rings is 4. The summed E-state index contributed by atoms with van der Waals surface area (Å²) in [5.41, 5.74) is 5.31. The van der Waals surface area contributed by atoms with Crippen LogP contribution in [0.1, 0.15) is 0 Å². The maximum atomic E-state index is 13.1. The van der Waals surface area contributed by atoms with Crippen LogP contribution in [0.3, 0.4) is 0 Å². The Morgan fingerprint density at radius 2 is 0.944 bits per heavy atom. The molecule has 4 aromatic carbocycles. The van der Waals surface area contributed by atoms with Crippen LogP contribution < -0.4 is 11.1 Å². The molecular formula is C30H16N2O4. The van der Waals surface area contributed by atoms with Crippen LogP contribution in [0.25, 0.3) is 66.3 Å². The van der Waals surface area contributed by atoms with Crippen molar-refractivity contribution in [3.05, 3.63) is 118 Å². The third-order valence-corrected chi connectivity index (χ3v) is 6.95. The Hall–Kier alpha value is -5.10. The lowest BCUT2D eigenvalue weighted by Crippen LogP contribution is -2.11. The summed E-state index contributed by atoms with van der Waals surface area (Å²) in [7, 11) is 0. The van der Waals surface area contributed by atoms with Crippen LogP contribution in [0.5, 0.6) is 0 Å². The minimum atomic E-state index is -0.101. The van der Waals surface area contributed by atoms with Gasteiger partial charge in [0.25, 0.3) is 11.1 Å². The molecule has 0 saturated carbocycles. The Labute approximate surface area is 201 Å². The van der Waals surface area contributed by atoms with Gasteiger partial charge in [-0.05, 0) is 58.3 Å². The van der Waals surface area contributed by atoms with Gasteiger partial charge in [-0.2, -0.15) is 0 Å². The Bertz CT molecular complexity index is 2150. The average molecular weight is 468 g/mol. The molecule has 0 fully saturated rings. The van der Waals surface area contributed by atoms with Crippen LogP contribution in [0.4, 0.5) is 0 Å². The van der Waals surface area contributed by atoms with E-state index >= 15 is 0 Å². The van der Waals surface area contributed by atoms with Gasteiger partial charge in [-0.25, -0.2) is 8.80 Å². The number of nitrogens with zero attached hydrogens (tertiary/aromatic N) is 2. The first-order chi connectivity index (χ1) is 17.7. The summed E-state index contributed by atoms with van der Waals surface area (Å²) in [6.45, 7) is 0. The quantitative estimate of drug-likeness (QED) is 0.280. The number of aromatic nitrogens is 2. The zero-order chi connectivity index (χ0) is 24.0. The van der Waals surface area contributed by atoms with E-state index in [0.717, 1.165) is 21.9 Å². The summed E-state index contributed by atoms with van der Waals surface area (Å²) in [6, 6.07) is 30.4. The Morgan fingerprint density at radius 3 is 1.42 bits per heavy atom. The largest absolute Gasteiger partial charge is 0.438 e. The van der Waals surface area contributed by atoms with E-state index in [0.29, 0.717) is 44.4 Å². The van der Waals surface area contributed by atoms with E-state index in [2.05, 4.69) is 0 Å². The van der Waals surface area contributed by atoms with Crippen LogP contribution in [-0.4, -0.2) is 8.80 Å². The molecule has 8 rings (SSSR count). The molecule has 0 saturated heterocycles. The monoisotopic (exact) mass is 468 g/mol. The van der Waals surface area contributed by atoms with Gasteiger partial charge in [-0.1, -0.05) is 48.5 Å². The van der Waals surface area contributed by atoms with E-state index in [1.165, 1.54) is 0 Å². The molecule has 0 radical (unpaired) electrons. The predicted molar refractivity (Wildman–Crippen MR) is 141 cm³/mol. The molecule has 0 spiro atoms. The summed E-state index contributed by atoms with van der Waals surface area (Å²) in [4.78, 5) is 26.3. The average Bonchev–Trinajstić information content (AvgIpc) is 3.46. The lowest BCUT2D eigenvalue weighted by atomic mass is 10.0. The molecule has 0 amide bonds. The third kappa shape index (κ3) is 2.50. The van der Waals surface area contributed by atoms with E-state index < -0.39 is 0 Å². The predicted octanol–water partition coefficient (Wildman–Crippen LogP) is 6.38. The molecule has 0 aliphatic heterocycles. The number of hydrogen-bond donors (Lipinski definition) is 0. The fourth-order valence-corrected chi connectivity index (χ4v) is 5.22. The highest BCUT2D eigenvalue weighted by molar-refractivity contribution is 5.92. The second-order valence-corrected chi connectivity index (χ2v) is 8.99. The van der Waals surface area contributed by atoms with Gasteiger partial charge in [0, 0.05) is 22.9 Å². The first kappa shape index (κ1) is 19.2. The number of rotatable bonds is 1. The van der Waals surface area contributed by atoms with Gasteiger partial charge < -0.3 is 8.83 Å². The molecule has 0 aliphatic carbocycles. The highest BCUT2D eigenvalue weighted by atomic mass is 16.4. The smallest absolute Gasteiger partial charge is 0.265 e. The zero-order valence-electron chi connectivity index (χ0n) is 18.8. The van der Waals surface area contributed by atoms with Crippen LogP contribution in [-0.2, 0) is 0 Å². The second-order valence-electron chi connectivity index (χ2n) is 8.99. The maximum absolute atomic E-state index is 13.1. The molecule has 6 nitrogen and oxygen atoms in total. The first-order valence-corrected chi connectivity index (χ1v) is 11.6. The van der Waals surface area contributed by atoms with Gasteiger partial charge in [0.2, 0.25) is 11.4 Å². The van der Waals surface area contributed by atoms with Gasteiger partial charge in [0.15, 0.2) is 11.2 Å². The Balaban J connectivity index is 1.34. The van der Waals surface area contributed by atoms with E-state index in [4.69, 9.17) is 8.83 Å². The van der Waals surface area contributed by atoms with Gasteiger partial charge >= 0.3 is 0 Å². The molecule has 8 aromatic rings. The topological polar surface area (TPSA) is 69.2 Å². The summed E-state index contributed by atoms with van der Waals surface area (Å²) < 4.78 is 15.4. The third-order valence-electron chi connectivity index (χ3n) is 6.95. The minimum Gasteiger partial charge on any atom is -0.438 e. The summed E-state index contributed by atoms with van der Waals surface area (Å²) in [5, 5.41) is 3.00. The van der Waals surface area contributed by atoms with Crippen LogP contribution in [0.15, 0.2) is 115 Å². The van der Waals surface area contributed by atoms with E-state index in [-0.39, 0.29) is 11.1 Å². The fraction of sp³-hybridized carbons (Fsp3) is 0. The van der Waals surface area contributed by atoms with E-state index in [1.54, 1.807) is 8.80 Å². The number of fused-ring (bicyclic) bond motifs is 8. The van der Waals surface area contributed by atoms with Crippen molar-refractivity contribution < 1.29 is 8.83 Å². The molecule has 0 unspecified atom stereocenters. The lowest BCUT2D eigenvalue weighted by Gasteiger charge is -2.02. The van der Waals surface area contributed by atoms with Crippen LogP contribution in [0, 0.1) is 0 Å². The van der Waals surface area contributed by atoms with Crippen molar-refractivity contribution in [3.8, 4) is 11.1 Å². The minimum absolute atomic E-state index is 0.101. The van der Waals surface area contributed by atoms with Gasteiger partial charge in [-0.15, -0.1) is 0 Å². The van der Waals surface area contributed by atoms with Crippen LogP contribution in [0.2, 0.25) is 0 Å². The van der Waals surface area contributed by atoms with Crippen molar-refractivity contribution in [2.45, 2.75) is 0 Å². The summed E-state index contributed by atoms with van der Waals surface area (Å²) in [6.07, 6.45) is 0. The zero-order valence-corrected chi connectivity index (χ0v) is 18.8. The molecule has 0 aliphatic rings. The molecule has 170 valence electrons. The standard InChI is InChI=1S/C30H16N2O4/c33-29-21-7-3-1-5-19(21)15-27-31(29)23-11-9-17(13-25(23)35-27)18-10-12-24-26(14-18)36-28-16-20-6-2-4-8-22(20)30(34)32(24)28/h1-16H. The van der Waals surface area contributed by atoms with Crippen LogP contribution >= 0.6 is 0 Å². The normalized spacial score (nSPS) is 12.1. The van der Waals surface area contributed by atoms with Gasteiger partial charge in [0.1, 0.15) is 0 Å². The van der Waals surface area contributed by atoms with Crippen molar-refractivity contribution in [1.29, 1.82) is 0 Å². The SMILES string of the molecule is O=c1c2ccccc2cc2oc3cc(-c4ccc5c(c4)oc4cc6ccccc6c(=O)n45)ccc3n12. The fourth-order valence-electron chi connectivity index (χ4n) is 5.22. The second kappa shape index (κ2) is 6.73. The van der Waals surface area contributed by atoms with Crippen molar-refractivity contribution in [2.75, 3.05) is 0 Å². The van der Waals surface area contributed by atoms with Crippen molar-refractivity contribution in [1.82, 2.24) is 8.80 Å². The van der Waals surface area contributed by atoms with Crippen molar-refractivity contribution >= 4 is 55.2 Å². The highest BCUT2D eigenvalue weighted by Crippen LogP contribution is 2.31.